The molecule has 2 atom stereocenters. The van der Waals surface area contributed by atoms with Gasteiger partial charge in [-0.2, -0.15) is 0 Å². The standard InChI is InChI=1S/C9H18IO2P3/c10-8-6-4-2-1-3-5-7-9(11)12-15(13)14/h4,6H,1-3,5,7-8,13-14H2. The van der Waals surface area contributed by atoms with E-state index in [-0.39, 0.29) is 5.97 Å². The number of rotatable bonds is 8. The van der Waals surface area contributed by atoms with Gasteiger partial charge in [0, 0.05) is 10.8 Å². The van der Waals surface area contributed by atoms with Gasteiger partial charge in [0.05, 0.1) is 0 Å². The van der Waals surface area contributed by atoms with Crippen molar-refractivity contribution in [3.8, 4) is 0 Å². The molecule has 0 fully saturated rings. The highest BCUT2D eigenvalue weighted by atomic mass is 127. The van der Waals surface area contributed by atoms with E-state index < -0.39 is 7.53 Å². The Hall–Kier alpha value is 1.23. The van der Waals surface area contributed by atoms with Gasteiger partial charge in [-0.15, -0.1) is 0 Å². The zero-order valence-electron chi connectivity index (χ0n) is 8.69. The lowest BCUT2D eigenvalue weighted by Gasteiger charge is -2.06. The van der Waals surface area contributed by atoms with E-state index in [0.29, 0.717) is 6.42 Å². The number of alkyl halides is 1. The van der Waals surface area contributed by atoms with Gasteiger partial charge in [-0.1, -0.05) is 59.0 Å². The molecule has 0 aliphatic heterocycles. The second-order valence-corrected chi connectivity index (χ2v) is 9.67. The van der Waals surface area contributed by atoms with Crippen molar-refractivity contribution in [1.82, 2.24) is 0 Å². The number of carbonyl (C=O) groups excluding carboxylic acids is 1. The molecule has 0 aliphatic carbocycles. The normalized spacial score (nSPS) is 11.2. The molecular weight excluding hydrogens is 360 g/mol. The van der Waals surface area contributed by atoms with E-state index >= 15 is 0 Å². The molecule has 0 radical (unpaired) electrons. The minimum atomic E-state index is -0.701. The number of halogens is 1. The Kier molecular flexibility index (Phi) is 12.7. The van der Waals surface area contributed by atoms with Crippen LogP contribution in [-0.4, -0.2) is 10.4 Å². The van der Waals surface area contributed by atoms with E-state index in [1.807, 2.05) is 0 Å². The van der Waals surface area contributed by atoms with Crippen molar-refractivity contribution in [3.63, 3.8) is 0 Å². The number of hydrogen-bond donors (Lipinski definition) is 0. The average Bonchev–Trinajstić information content (AvgIpc) is 2.15. The topological polar surface area (TPSA) is 26.3 Å². The lowest BCUT2D eigenvalue weighted by atomic mass is 10.1. The largest absolute Gasteiger partial charge is 0.437 e. The number of carbonyl (C=O) groups is 1. The molecule has 0 saturated heterocycles. The molecule has 0 rings (SSSR count). The van der Waals surface area contributed by atoms with Crippen LogP contribution in [-0.2, 0) is 9.32 Å². The summed E-state index contributed by atoms with van der Waals surface area (Å²) in [7, 11) is 4.27. The van der Waals surface area contributed by atoms with E-state index in [2.05, 4.69) is 52.6 Å². The lowest BCUT2D eigenvalue weighted by Crippen LogP contribution is -1.97. The maximum absolute atomic E-state index is 11.1. The second kappa shape index (κ2) is 11.7. The van der Waals surface area contributed by atoms with Gasteiger partial charge in [0.1, 0.15) is 7.53 Å². The van der Waals surface area contributed by atoms with Crippen molar-refractivity contribution in [2.24, 2.45) is 0 Å². The Bertz CT molecular complexity index is 198. The molecule has 0 amide bonds. The molecule has 0 aliphatic rings. The first-order valence-corrected chi connectivity index (χ1v) is 10.9. The molecule has 88 valence electrons. The van der Waals surface area contributed by atoms with Crippen LogP contribution in [0.25, 0.3) is 0 Å². The van der Waals surface area contributed by atoms with E-state index in [0.717, 1.165) is 30.1 Å². The summed E-state index contributed by atoms with van der Waals surface area (Å²) in [6.07, 6.45) is 9.26. The van der Waals surface area contributed by atoms with Crippen LogP contribution < -0.4 is 0 Å². The molecule has 0 saturated carbocycles. The third-order valence-electron chi connectivity index (χ3n) is 1.71. The van der Waals surface area contributed by atoms with Gasteiger partial charge < -0.3 is 4.52 Å². The summed E-state index contributed by atoms with van der Waals surface area (Å²) in [5, 5.41) is 0. The minimum Gasteiger partial charge on any atom is -0.437 e. The summed E-state index contributed by atoms with van der Waals surface area (Å²) < 4.78 is 6.11. The van der Waals surface area contributed by atoms with Crippen LogP contribution in [0.2, 0.25) is 0 Å². The molecule has 0 heterocycles. The van der Waals surface area contributed by atoms with Crippen LogP contribution >= 0.6 is 48.0 Å². The van der Waals surface area contributed by atoms with Gasteiger partial charge in [-0.3, -0.25) is 4.79 Å². The summed E-state index contributed by atoms with van der Waals surface area (Å²) in [5.74, 6) is -0.0751. The van der Waals surface area contributed by atoms with Crippen LogP contribution in [0.15, 0.2) is 12.2 Å². The Labute approximate surface area is 112 Å². The van der Waals surface area contributed by atoms with E-state index in [1.165, 1.54) is 0 Å². The maximum Gasteiger partial charge on any atom is 0.309 e. The summed E-state index contributed by atoms with van der Waals surface area (Å²) in [6.45, 7) is 0. The number of allylic oxidation sites excluding steroid dienone is 2. The summed E-state index contributed by atoms with van der Waals surface area (Å²) in [6, 6.07) is 0. The van der Waals surface area contributed by atoms with Gasteiger partial charge in [0.15, 0.2) is 0 Å². The highest BCUT2D eigenvalue weighted by Gasteiger charge is 2.04. The predicted octanol–water partition coefficient (Wildman–Crippen LogP) is 4.45. The third kappa shape index (κ3) is 13.2. The van der Waals surface area contributed by atoms with Gasteiger partial charge in [0.2, 0.25) is 0 Å². The van der Waals surface area contributed by atoms with Crippen molar-refractivity contribution in [2.45, 2.75) is 32.1 Å². The Morgan fingerprint density at radius 3 is 2.60 bits per heavy atom. The Morgan fingerprint density at radius 1 is 1.27 bits per heavy atom. The van der Waals surface area contributed by atoms with Gasteiger partial charge in [-0.05, 0) is 19.3 Å². The minimum absolute atomic E-state index is 0.0751. The fraction of sp³-hybridized carbons (Fsp3) is 0.667. The zero-order chi connectivity index (χ0) is 11.5. The molecule has 6 heteroatoms. The molecule has 0 N–H and O–H groups in total. The molecule has 0 bridgehead atoms. The van der Waals surface area contributed by atoms with Gasteiger partial charge in [0.25, 0.3) is 0 Å². The summed E-state index contributed by atoms with van der Waals surface area (Å²) in [4.78, 5) is 11.1. The van der Waals surface area contributed by atoms with Gasteiger partial charge >= 0.3 is 5.97 Å². The first kappa shape index (κ1) is 16.2. The van der Waals surface area contributed by atoms with Crippen molar-refractivity contribution in [1.29, 1.82) is 0 Å². The van der Waals surface area contributed by atoms with Crippen LogP contribution in [0.3, 0.4) is 0 Å². The molecule has 0 spiro atoms. The fourth-order valence-electron chi connectivity index (χ4n) is 1.05. The molecule has 0 aromatic carbocycles. The highest BCUT2D eigenvalue weighted by Crippen LogP contribution is 2.53. The van der Waals surface area contributed by atoms with Gasteiger partial charge in [-0.25, -0.2) is 0 Å². The van der Waals surface area contributed by atoms with Crippen molar-refractivity contribution < 1.29 is 9.32 Å². The highest BCUT2D eigenvalue weighted by molar-refractivity contribution is 14.1. The van der Waals surface area contributed by atoms with E-state index in [1.54, 1.807) is 0 Å². The fourth-order valence-corrected chi connectivity index (χ4v) is 2.44. The van der Waals surface area contributed by atoms with E-state index in [9.17, 15) is 4.79 Å². The molecule has 15 heavy (non-hydrogen) atoms. The number of unbranched alkanes of at least 4 members (excludes halogenated alkanes) is 3. The SMILES string of the molecule is O=C(CCCCCC=CCI)OP(P)P. The first-order valence-electron chi connectivity index (χ1n) is 4.88. The molecule has 2 nitrogen and oxygen atoms in total. The third-order valence-corrected chi connectivity index (χ3v) is 3.27. The Morgan fingerprint density at radius 2 is 2.00 bits per heavy atom. The zero-order valence-corrected chi connectivity index (χ0v) is 14.1. The monoisotopic (exact) mass is 378 g/mol. The molecular formula is C9H18IO2P3. The molecule has 0 aromatic rings. The molecule has 2 unspecified atom stereocenters. The first-order chi connectivity index (χ1) is 7.16. The van der Waals surface area contributed by atoms with Crippen LogP contribution in [0.4, 0.5) is 0 Å². The van der Waals surface area contributed by atoms with E-state index in [4.69, 9.17) is 4.52 Å². The van der Waals surface area contributed by atoms with Crippen LogP contribution in [0.1, 0.15) is 32.1 Å². The smallest absolute Gasteiger partial charge is 0.309 e. The van der Waals surface area contributed by atoms with Crippen molar-refractivity contribution in [2.75, 3.05) is 4.43 Å². The van der Waals surface area contributed by atoms with Crippen molar-refractivity contribution in [3.05, 3.63) is 12.2 Å². The van der Waals surface area contributed by atoms with Crippen LogP contribution in [0.5, 0.6) is 0 Å². The van der Waals surface area contributed by atoms with Crippen LogP contribution in [0, 0.1) is 0 Å². The quantitative estimate of drug-likeness (QED) is 0.205. The predicted molar refractivity (Wildman–Crippen MR) is 83.5 cm³/mol. The average molecular weight is 378 g/mol. The van der Waals surface area contributed by atoms with Crippen molar-refractivity contribution >= 4 is 53.9 Å². The number of hydrogen-bond acceptors (Lipinski definition) is 2. The lowest BCUT2D eigenvalue weighted by molar-refractivity contribution is -0.133. The Balaban J connectivity index is 3.23. The molecule has 0 aromatic heterocycles. The summed E-state index contributed by atoms with van der Waals surface area (Å²) >= 11 is 2.33. The second-order valence-electron chi connectivity index (χ2n) is 3.05. The summed E-state index contributed by atoms with van der Waals surface area (Å²) in [5.41, 5.74) is 0. The maximum atomic E-state index is 11.1.